The van der Waals surface area contributed by atoms with E-state index >= 15 is 0 Å². The molecule has 1 rings (SSSR count). The molecule has 1 fully saturated rings. The Kier molecular flexibility index (Phi) is 13.5. The Morgan fingerprint density at radius 2 is 1.00 bits per heavy atom. The van der Waals surface area contributed by atoms with Gasteiger partial charge in [0.2, 0.25) is 5.91 Å². The van der Waals surface area contributed by atoms with E-state index in [1.807, 2.05) is 0 Å². The van der Waals surface area contributed by atoms with Crippen LogP contribution in [0.1, 0.15) is 44.9 Å². The molecule has 1 aliphatic rings. The lowest BCUT2D eigenvalue weighted by atomic mass is 9.95. The van der Waals surface area contributed by atoms with Crippen LogP contribution >= 0.6 is 0 Å². The van der Waals surface area contributed by atoms with E-state index in [9.17, 15) is 19.2 Å². The molecule has 1 aliphatic heterocycles. The highest BCUT2D eigenvalue weighted by Crippen LogP contribution is 2.18. The summed E-state index contributed by atoms with van der Waals surface area (Å²) in [7, 11) is 0. The summed E-state index contributed by atoms with van der Waals surface area (Å²) in [6.07, 6.45) is 2.45. The van der Waals surface area contributed by atoms with Crippen molar-refractivity contribution >= 4 is 23.8 Å². The van der Waals surface area contributed by atoms with Crippen LogP contribution in [0.25, 0.3) is 0 Å². The lowest BCUT2D eigenvalue weighted by Gasteiger charge is -2.32. The molecular weight excluding hydrogens is 420 g/mol. The van der Waals surface area contributed by atoms with Gasteiger partial charge in [-0.2, -0.15) is 0 Å². The standard InChI is InChI=1S/C21H38N4O7/c22-18(26)5-10-23-8-3-17(1-2-19(27)28)4-9-24(11-6-20(29)30)14-16-25(15-13-23)12-7-21(31)32/h17H,1-16H2,(H2,22,26)(H,27,28)(H,29,30)(H,31,32). The smallest absolute Gasteiger partial charge is 0.304 e. The number of nitrogens with two attached hydrogens (primary N) is 1. The molecule has 0 aliphatic carbocycles. The summed E-state index contributed by atoms with van der Waals surface area (Å²) < 4.78 is 0. The van der Waals surface area contributed by atoms with E-state index in [-0.39, 0.29) is 37.5 Å². The van der Waals surface area contributed by atoms with Gasteiger partial charge >= 0.3 is 17.9 Å². The van der Waals surface area contributed by atoms with Crippen LogP contribution in [0, 0.1) is 5.92 Å². The highest BCUT2D eigenvalue weighted by molar-refractivity contribution is 5.73. The zero-order chi connectivity index (χ0) is 23.9. The molecule has 1 amide bonds. The number of carboxylic acid groups (broad SMARTS) is 3. The molecule has 1 unspecified atom stereocenters. The van der Waals surface area contributed by atoms with Crippen LogP contribution in [-0.2, 0) is 19.2 Å². The van der Waals surface area contributed by atoms with Crippen LogP contribution < -0.4 is 5.73 Å². The average Bonchev–Trinajstić information content (AvgIpc) is 2.70. The van der Waals surface area contributed by atoms with Crippen LogP contribution in [-0.4, -0.2) is 113 Å². The fraction of sp³-hybridized carbons (Fsp3) is 0.810. The topological polar surface area (TPSA) is 165 Å². The molecule has 11 nitrogen and oxygen atoms in total. The van der Waals surface area contributed by atoms with E-state index in [1.165, 1.54) is 0 Å². The number of carboxylic acids is 3. The minimum absolute atomic E-state index is 0.0215. The molecule has 184 valence electrons. The molecule has 11 heteroatoms. The summed E-state index contributed by atoms with van der Waals surface area (Å²) >= 11 is 0. The largest absolute Gasteiger partial charge is 0.481 e. The molecule has 32 heavy (non-hydrogen) atoms. The monoisotopic (exact) mass is 458 g/mol. The summed E-state index contributed by atoms with van der Waals surface area (Å²) in [5.41, 5.74) is 5.31. The second-order valence-corrected chi connectivity index (χ2v) is 8.40. The van der Waals surface area contributed by atoms with Crippen molar-refractivity contribution in [3.8, 4) is 0 Å². The van der Waals surface area contributed by atoms with Crippen molar-refractivity contribution in [3.05, 3.63) is 0 Å². The van der Waals surface area contributed by atoms with Gasteiger partial charge in [0, 0.05) is 58.7 Å². The fourth-order valence-corrected chi connectivity index (χ4v) is 3.84. The summed E-state index contributed by atoms with van der Waals surface area (Å²) in [5, 5.41) is 27.2. The number of hydrogen-bond donors (Lipinski definition) is 4. The molecule has 0 saturated carbocycles. The summed E-state index contributed by atoms with van der Waals surface area (Å²) in [6, 6.07) is 0. The SMILES string of the molecule is NC(=O)CCN1CCC(CCC(=O)O)CCN(CCC(=O)O)CCN(CCC(=O)O)CC1. The van der Waals surface area contributed by atoms with Crippen molar-refractivity contribution in [1.29, 1.82) is 0 Å². The Morgan fingerprint density at radius 3 is 1.38 bits per heavy atom. The zero-order valence-corrected chi connectivity index (χ0v) is 18.8. The molecule has 0 spiro atoms. The van der Waals surface area contributed by atoms with Gasteiger partial charge in [0.25, 0.3) is 0 Å². The molecule has 1 atom stereocenters. The molecule has 0 radical (unpaired) electrons. The average molecular weight is 459 g/mol. The highest BCUT2D eigenvalue weighted by atomic mass is 16.4. The first-order chi connectivity index (χ1) is 15.2. The number of rotatable bonds is 12. The van der Waals surface area contributed by atoms with Crippen LogP contribution in [0.2, 0.25) is 0 Å². The van der Waals surface area contributed by atoms with Gasteiger partial charge in [-0.3, -0.25) is 19.2 Å². The minimum Gasteiger partial charge on any atom is -0.481 e. The van der Waals surface area contributed by atoms with E-state index in [2.05, 4.69) is 14.7 Å². The third-order valence-corrected chi connectivity index (χ3v) is 5.90. The summed E-state index contributed by atoms with van der Waals surface area (Å²) in [5.74, 6) is -2.78. The normalized spacial score (nSPS) is 20.2. The Hall–Kier alpha value is -2.24. The van der Waals surface area contributed by atoms with Crippen LogP contribution in [0.15, 0.2) is 0 Å². The van der Waals surface area contributed by atoms with Crippen LogP contribution in [0.3, 0.4) is 0 Å². The molecular formula is C21H38N4O7. The quantitative estimate of drug-likeness (QED) is 0.312. The summed E-state index contributed by atoms with van der Waals surface area (Å²) in [6.45, 7) is 5.15. The molecule has 1 saturated heterocycles. The van der Waals surface area contributed by atoms with Gasteiger partial charge in [-0.15, -0.1) is 0 Å². The third kappa shape index (κ3) is 13.9. The maximum atomic E-state index is 11.3. The molecule has 0 aromatic rings. The predicted octanol–water partition coefficient (Wildman–Crippen LogP) is -0.00800. The summed E-state index contributed by atoms with van der Waals surface area (Å²) in [4.78, 5) is 50.7. The lowest BCUT2D eigenvalue weighted by molar-refractivity contribution is -0.138. The second-order valence-electron chi connectivity index (χ2n) is 8.40. The fourth-order valence-electron chi connectivity index (χ4n) is 3.84. The minimum atomic E-state index is -0.870. The first kappa shape index (κ1) is 27.8. The molecule has 1 heterocycles. The van der Waals surface area contributed by atoms with E-state index in [0.29, 0.717) is 65.3 Å². The van der Waals surface area contributed by atoms with Crippen molar-refractivity contribution in [2.75, 3.05) is 58.9 Å². The number of carbonyl (C=O) groups is 4. The van der Waals surface area contributed by atoms with E-state index < -0.39 is 17.9 Å². The van der Waals surface area contributed by atoms with Crippen molar-refractivity contribution in [3.63, 3.8) is 0 Å². The Labute approximate surface area is 189 Å². The van der Waals surface area contributed by atoms with Crippen LogP contribution in [0.4, 0.5) is 0 Å². The van der Waals surface area contributed by atoms with Gasteiger partial charge in [0.05, 0.1) is 12.8 Å². The predicted molar refractivity (Wildman–Crippen MR) is 117 cm³/mol. The van der Waals surface area contributed by atoms with Crippen LogP contribution in [0.5, 0.6) is 0 Å². The van der Waals surface area contributed by atoms with Gasteiger partial charge in [-0.25, -0.2) is 0 Å². The van der Waals surface area contributed by atoms with Crippen molar-refractivity contribution in [1.82, 2.24) is 14.7 Å². The van der Waals surface area contributed by atoms with E-state index in [0.717, 1.165) is 12.8 Å². The Balaban J connectivity index is 2.88. The maximum Gasteiger partial charge on any atom is 0.304 e. The van der Waals surface area contributed by atoms with Gasteiger partial charge < -0.3 is 35.8 Å². The Bertz CT molecular complexity index is 497. The van der Waals surface area contributed by atoms with Crippen molar-refractivity contribution < 1.29 is 34.5 Å². The second kappa shape index (κ2) is 15.5. The van der Waals surface area contributed by atoms with Gasteiger partial charge in [0.1, 0.15) is 0 Å². The van der Waals surface area contributed by atoms with E-state index in [1.54, 1.807) is 0 Å². The highest BCUT2D eigenvalue weighted by Gasteiger charge is 2.19. The third-order valence-electron chi connectivity index (χ3n) is 5.90. The number of hydrogen-bond acceptors (Lipinski definition) is 7. The number of nitrogens with zero attached hydrogens (tertiary/aromatic N) is 3. The van der Waals surface area contributed by atoms with Crippen molar-refractivity contribution in [2.45, 2.75) is 44.9 Å². The zero-order valence-electron chi connectivity index (χ0n) is 18.8. The first-order valence-corrected chi connectivity index (χ1v) is 11.3. The van der Waals surface area contributed by atoms with Gasteiger partial charge in [0.15, 0.2) is 0 Å². The molecule has 0 aromatic heterocycles. The number of primary amides is 1. The number of carbonyl (C=O) groups excluding carboxylic acids is 1. The molecule has 0 bridgehead atoms. The van der Waals surface area contributed by atoms with Gasteiger partial charge in [-0.05, 0) is 38.3 Å². The van der Waals surface area contributed by atoms with Crippen molar-refractivity contribution in [2.24, 2.45) is 11.7 Å². The molecule has 0 aromatic carbocycles. The number of amides is 1. The number of aliphatic carboxylic acids is 3. The maximum absolute atomic E-state index is 11.3. The van der Waals surface area contributed by atoms with E-state index in [4.69, 9.17) is 21.1 Å². The van der Waals surface area contributed by atoms with Gasteiger partial charge in [-0.1, -0.05) is 0 Å². The Morgan fingerprint density at radius 1 is 0.625 bits per heavy atom. The lowest BCUT2D eigenvalue weighted by Crippen LogP contribution is -2.43. The molecule has 5 N–H and O–H groups in total. The first-order valence-electron chi connectivity index (χ1n) is 11.3.